The normalized spacial score (nSPS) is 11.8. The Labute approximate surface area is 214 Å². The summed E-state index contributed by atoms with van der Waals surface area (Å²) in [5.41, 5.74) is 8.21. The molecule has 0 radical (unpaired) electrons. The second-order valence-corrected chi connectivity index (χ2v) is 8.31. The average Bonchev–Trinajstić information content (AvgIpc) is 3.48. The lowest BCUT2D eigenvalue weighted by Crippen LogP contribution is -2.03. The van der Waals surface area contributed by atoms with E-state index in [1.54, 1.807) is 0 Å². The number of allylic oxidation sites excluding steroid dienone is 1. The Morgan fingerprint density at radius 3 is 1.91 bits per heavy atom. The smallest absolute Gasteiger partial charge is 0.0991 e. The molecule has 0 bridgehead atoms. The molecule has 1 fully saturated rings. The summed E-state index contributed by atoms with van der Waals surface area (Å²) in [6.45, 7) is 16.9. The number of nitrogens with zero attached hydrogens (tertiary/aromatic N) is 2. The number of hydrogen-bond acceptors (Lipinski definition) is 3. The van der Waals surface area contributed by atoms with Gasteiger partial charge in [0.2, 0.25) is 0 Å². The van der Waals surface area contributed by atoms with Gasteiger partial charge in [0.05, 0.1) is 23.0 Å². The van der Waals surface area contributed by atoms with Crippen molar-refractivity contribution in [3.63, 3.8) is 0 Å². The predicted molar refractivity (Wildman–Crippen MR) is 153 cm³/mol. The summed E-state index contributed by atoms with van der Waals surface area (Å²) < 4.78 is 0. The largest absolute Gasteiger partial charge is 0.317 e. The fourth-order valence-corrected chi connectivity index (χ4v) is 3.46. The highest BCUT2D eigenvalue weighted by Gasteiger charge is 2.12. The maximum atomic E-state index is 9.03. The molecule has 186 valence electrons. The first kappa shape index (κ1) is 29.8. The first-order valence-electron chi connectivity index (χ1n) is 13.0. The van der Waals surface area contributed by atoms with Gasteiger partial charge in [-0.05, 0) is 82.1 Å². The SMILES string of the molecule is C/C=C\c1nc(-c2ccc(C)cc2)c(-c2ccc(C#N)cc2)cc1C.C1CCNC1.CC.CCC. The molecule has 1 N–H and O–H groups in total. The van der Waals surface area contributed by atoms with E-state index in [0.29, 0.717) is 5.56 Å². The van der Waals surface area contributed by atoms with Crippen LogP contribution in [-0.2, 0) is 0 Å². The Kier molecular flexibility index (Phi) is 14.7. The van der Waals surface area contributed by atoms with Gasteiger partial charge in [-0.2, -0.15) is 5.26 Å². The fraction of sp³-hybridized carbons (Fsp3) is 0.375. The summed E-state index contributed by atoms with van der Waals surface area (Å²) in [7, 11) is 0. The van der Waals surface area contributed by atoms with Crippen LogP contribution < -0.4 is 5.32 Å². The van der Waals surface area contributed by atoms with Gasteiger partial charge in [-0.15, -0.1) is 0 Å². The van der Waals surface area contributed by atoms with Crippen molar-refractivity contribution in [3.05, 3.63) is 83.1 Å². The van der Waals surface area contributed by atoms with Crippen LogP contribution >= 0.6 is 0 Å². The van der Waals surface area contributed by atoms with Crippen LogP contribution in [0.3, 0.4) is 0 Å². The number of aryl methyl sites for hydroxylation is 2. The Morgan fingerprint density at radius 2 is 1.46 bits per heavy atom. The van der Waals surface area contributed by atoms with Crippen molar-refractivity contribution in [2.24, 2.45) is 0 Å². The average molecular weight is 470 g/mol. The Bertz CT molecular complexity index is 1040. The van der Waals surface area contributed by atoms with Crippen LogP contribution in [0.2, 0.25) is 0 Å². The van der Waals surface area contributed by atoms with Gasteiger partial charge in [-0.3, -0.25) is 0 Å². The number of pyridine rings is 1. The van der Waals surface area contributed by atoms with Crippen molar-refractivity contribution in [1.29, 1.82) is 5.26 Å². The molecule has 3 heteroatoms. The van der Waals surface area contributed by atoms with Gasteiger partial charge in [-0.1, -0.05) is 82.2 Å². The second kappa shape index (κ2) is 17.2. The van der Waals surface area contributed by atoms with Crippen molar-refractivity contribution in [2.75, 3.05) is 13.1 Å². The zero-order valence-electron chi connectivity index (χ0n) is 22.8. The van der Waals surface area contributed by atoms with E-state index in [2.05, 4.69) is 69.4 Å². The maximum Gasteiger partial charge on any atom is 0.0991 e. The minimum atomic E-state index is 0.663. The van der Waals surface area contributed by atoms with E-state index in [1.807, 2.05) is 57.2 Å². The first-order chi connectivity index (χ1) is 17.0. The number of aromatic nitrogens is 1. The molecule has 3 nitrogen and oxygen atoms in total. The topological polar surface area (TPSA) is 48.7 Å². The van der Waals surface area contributed by atoms with Crippen LogP contribution in [0.1, 0.15) is 76.3 Å². The van der Waals surface area contributed by atoms with E-state index in [4.69, 9.17) is 10.2 Å². The van der Waals surface area contributed by atoms with E-state index in [0.717, 1.165) is 33.6 Å². The molecule has 2 aromatic carbocycles. The molecule has 4 rings (SSSR count). The zero-order valence-corrected chi connectivity index (χ0v) is 22.8. The lowest BCUT2D eigenvalue weighted by molar-refractivity contribution is 0.857. The van der Waals surface area contributed by atoms with Gasteiger partial charge < -0.3 is 5.32 Å². The van der Waals surface area contributed by atoms with Crippen molar-refractivity contribution in [1.82, 2.24) is 10.3 Å². The Morgan fingerprint density at radius 1 is 0.914 bits per heavy atom. The summed E-state index contributed by atoms with van der Waals surface area (Å²) in [5.74, 6) is 0. The molecule has 2 heterocycles. The number of nitrogens with one attached hydrogen (secondary N) is 1. The molecule has 0 unspecified atom stereocenters. The first-order valence-corrected chi connectivity index (χ1v) is 13.0. The molecule has 35 heavy (non-hydrogen) atoms. The minimum absolute atomic E-state index is 0.663. The molecule has 1 aliphatic heterocycles. The lowest BCUT2D eigenvalue weighted by Gasteiger charge is -2.13. The van der Waals surface area contributed by atoms with Crippen molar-refractivity contribution in [3.8, 4) is 28.5 Å². The molecular formula is C32H43N3. The summed E-state index contributed by atoms with van der Waals surface area (Å²) in [6.07, 6.45) is 8.07. The van der Waals surface area contributed by atoms with E-state index < -0.39 is 0 Å². The summed E-state index contributed by atoms with van der Waals surface area (Å²) >= 11 is 0. The Balaban J connectivity index is 0.000000518. The second-order valence-electron chi connectivity index (χ2n) is 8.31. The van der Waals surface area contributed by atoms with Gasteiger partial charge in [0, 0.05) is 11.1 Å². The molecular weight excluding hydrogens is 426 g/mol. The number of hydrogen-bond donors (Lipinski definition) is 1. The summed E-state index contributed by atoms with van der Waals surface area (Å²) in [4.78, 5) is 4.93. The van der Waals surface area contributed by atoms with Gasteiger partial charge in [0.25, 0.3) is 0 Å². The third kappa shape index (κ3) is 9.89. The number of nitriles is 1. The van der Waals surface area contributed by atoms with Gasteiger partial charge >= 0.3 is 0 Å². The third-order valence-corrected chi connectivity index (χ3v) is 5.18. The molecule has 1 saturated heterocycles. The molecule has 1 aliphatic rings. The highest BCUT2D eigenvalue weighted by atomic mass is 14.9. The summed E-state index contributed by atoms with van der Waals surface area (Å²) in [5, 5.41) is 12.2. The quantitative estimate of drug-likeness (QED) is 0.417. The molecule has 0 amide bonds. The molecule has 1 aromatic heterocycles. The Hall–Kier alpha value is -3.22. The van der Waals surface area contributed by atoms with Crippen LogP contribution in [0.25, 0.3) is 28.5 Å². The molecule has 0 atom stereocenters. The molecule has 0 saturated carbocycles. The van der Waals surface area contributed by atoms with E-state index >= 15 is 0 Å². The highest BCUT2D eigenvalue weighted by Crippen LogP contribution is 2.33. The molecule has 0 spiro atoms. The molecule has 0 aliphatic carbocycles. The monoisotopic (exact) mass is 469 g/mol. The van der Waals surface area contributed by atoms with Gasteiger partial charge in [0.15, 0.2) is 0 Å². The van der Waals surface area contributed by atoms with E-state index in [9.17, 15) is 0 Å². The van der Waals surface area contributed by atoms with Crippen LogP contribution in [-0.4, -0.2) is 18.1 Å². The standard InChI is InChI=1S/C23H20N2.C4H9N.C3H8.C2H6/c1-4-5-22-17(3)14-21(19-12-8-18(15-24)9-13-19)23(25-22)20-10-6-16(2)7-11-20;1-2-4-5-3-1;1-3-2;1-2/h4-14H,1-3H3;5H,1-4H2;3H2,1-2H3;1-2H3/b5-4-;;;. The van der Waals surface area contributed by atoms with Crippen molar-refractivity contribution in [2.45, 2.75) is 67.7 Å². The van der Waals surface area contributed by atoms with Crippen molar-refractivity contribution < 1.29 is 0 Å². The van der Waals surface area contributed by atoms with Crippen LogP contribution in [0.15, 0.2) is 60.7 Å². The maximum absolute atomic E-state index is 9.03. The van der Waals surface area contributed by atoms with Crippen LogP contribution in [0.5, 0.6) is 0 Å². The highest BCUT2D eigenvalue weighted by molar-refractivity contribution is 5.82. The van der Waals surface area contributed by atoms with Crippen LogP contribution in [0.4, 0.5) is 0 Å². The molecule has 3 aromatic rings. The zero-order chi connectivity index (χ0) is 26.1. The summed E-state index contributed by atoms with van der Waals surface area (Å²) in [6, 6.07) is 20.5. The van der Waals surface area contributed by atoms with E-state index in [-0.39, 0.29) is 0 Å². The predicted octanol–water partition coefficient (Wildman–Crippen LogP) is 8.75. The minimum Gasteiger partial charge on any atom is -0.317 e. The third-order valence-electron chi connectivity index (χ3n) is 5.18. The lowest BCUT2D eigenvalue weighted by atomic mass is 9.95. The fourth-order valence-electron chi connectivity index (χ4n) is 3.46. The number of rotatable bonds is 3. The van der Waals surface area contributed by atoms with Crippen LogP contribution in [0, 0.1) is 25.2 Å². The number of benzene rings is 2. The van der Waals surface area contributed by atoms with Crippen molar-refractivity contribution >= 4 is 6.08 Å². The van der Waals surface area contributed by atoms with E-state index in [1.165, 1.54) is 37.9 Å². The van der Waals surface area contributed by atoms with Gasteiger partial charge in [0.1, 0.15) is 0 Å². The van der Waals surface area contributed by atoms with Gasteiger partial charge in [-0.25, -0.2) is 4.98 Å².